The molecule has 1 atom stereocenters. The molecule has 3 rings (SSSR count). The van der Waals surface area contributed by atoms with Crippen LogP contribution in [-0.4, -0.2) is 43.5 Å². The molecule has 8 nitrogen and oxygen atoms in total. The fourth-order valence-corrected chi connectivity index (χ4v) is 3.33. The molecule has 0 aromatic heterocycles. The van der Waals surface area contributed by atoms with Crippen LogP contribution in [0.2, 0.25) is 0 Å². The van der Waals surface area contributed by atoms with Crippen LogP contribution in [0.4, 0.5) is 10.5 Å². The smallest absolute Gasteiger partial charge is 0.325 e. The maximum atomic E-state index is 13.1. The van der Waals surface area contributed by atoms with Crippen molar-refractivity contribution in [2.75, 3.05) is 26.1 Å². The van der Waals surface area contributed by atoms with Crippen LogP contribution in [0, 0.1) is 0 Å². The minimum atomic E-state index is -1.21. The van der Waals surface area contributed by atoms with E-state index in [1.807, 2.05) is 6.92 Å². The first-order chi connectivity index (χ1) is 13.9. The second kappa shape index (κ2) is 8.22. The number of benzene rings is 2. The van der Waals surface area contributed by atoms with Crippen molar-refractivity contribution in [3.05, 3.63) is 54.1 Å². The van der Waals surface area contributed by atoms with Gasteiger partial charge >= 0.3 is 6.03 Å². The van der Waals surface area contributed by atoms with E-state index in [1.54, 1.807) is 55.6 Å². The van der Waals surface area contributed by atoms with Crippen molar-refractivity contribution in [1.82, 2.24) is 10.2 Å². The van der Waals surface area contributed by atoms with Crippen LogP contribution in [0.1, 0.15) is 18.9 Å². The number of carbonyl (C=O) groups is 3. The second-order valence-corrected chi connectivity index (χ2v) is 6.59. The van der Waals surface area contributed by atoms with Gasteiger partial charge in [-0.3, -0.25) is 14.5 Å². The van der Waals surface area contributed by atoms with Gasteiger partial charge in [-0.2, -0.15) is 0 Å². The lowest BCUT2D eigenvalue weighted by atomic mass is 9.87. The third-order valence-corrected chi connectivity index (χ3v) is 4.94. The summed E-state index contributed by atoms with van der Waals surface area (Å²) in [7, 11) is 3.08. The summed E-state index contributed by atoms with van der Waals surface area (Å²) in [5.74, 6) is 0.285. The highest BCUT2D eigenvalue weighted by molar-refractivity contribution is 6.10. The van der Waals surface area contributed by atoms with Gasteiger partial charge in [0, 0.05) is 11.8 Å². The summed E-state index contributed by atoms with van der Waals surface area (Å²) in [4.78, 5) is 39.0. The van der Waals surface area contributed by atoms with Crippen LogP contribution >= 0.6 is 0 Å². The van der Waals surface area contributed by atoms with Crippen LogP contribution in [0.15, 0.2) is 48.5 Å². The number of methoxy groups -OCH3 is 2. The number of ether oxygens (including phenoxy) is 2. The first-order valence-corrected chi connectivity index (χ1v) is 9.16. The minimum absolute atomic E-state index is 0.345. The number of carbonyl (C=O) groups excluding carboxylic acids is 3. The third-order valence-electron chi connectivity index (χ3n) is 4.94. The molecule has 8 heteroatoms. The molecular weight excluding hydrogens is 374 g/mol. The largest absolute Gasteiger partial charge is 0.497 e. The average molecular weight is 397 g/mol. The Kier molecular flexibility index (Phi) is 5.72. The number of nitrogens with zero attached hydrogens (tertiary/aromatic N) is 1. The van der Waals surface area contributed by atoms with E-state index >= 15 is 0 Å². The molecule has 1 fully saturated rings. The predicted molar refractivity (Wildman–Crippen MR) is 107 cm³/mol. The fourth-order valence-electron chi connectivity index (χ4n) is 3.33. The molecule has 0 bridgehead atoms. The van der Waals surface area contributed by atoms with Crippen molar-refractivity contribution < 1.29 is 23.9 Å². The van der Waals surface area contributed by atoms with E-state index in [1.165, 1.54) is 7.11 Å². The molecule has 1 aliphatic heterocycles. The van der Waals surface area contributed by atoms with Gasteiger partial charge in [-0.15, -0.1) is 0 Å². The second-order valence-electron chi connectivity index (χ2n) is 6.59. The van der Waals surface area contributed by atoms with Crippen molar-refractivity contribution in [2.45, 2.75) is 18.9 Å². The minimum Gasteiger partial charge on any atom is -0.497 e. The van der Waals surface area contributed by atoms with Crippen molar-refractivity contribution in [2.24, 2.45) is 0 Å². The molecule has 2 aromatic rings. The van der Waals surface area contributed by atoms with Gasteiger partial charge in [0.05, 0.1) is 14.2 Å². The normalized spacial score (nSPS) is 18.4. The lowest BCUT2D eigenvalue weighted by molar-refractivity contribution is -0.134. The van der Waals surface area contributed by atoms with Crippen molar-refractivity contribution >= 4 is 23.5 Å². The number of hydrogen-bond donors (Lipinski definition) is 2. The van der Waals surface area contributed by atoms with Crippen LogP contribution in [-0.2, 0) is 15.1 Å². The zero-order chi connectivity index (χ0) is 21.0. The molecule has 29 heavy (non-hydrogen) atoms. The Morgan fingerprint density at radius 1 is 1.07 bits per heavy atom. The van der Waals surface area contributed by atoms with Crippen molar-refractivity contribution in [1.29, 1.82) is 0 Å². The van der Waals surface area contributed by atoms with E-state index in [9.17, 15) is 14.4 Å². The van der Waals surface area contributed by atoms with Gasteiger partial charge in [0.15, 0.2) is 0 Å². The Labute approximate surface area is 168 Å². The monoisotopic (exact) mass is 397 g/mol. The van der Waals surface area contributed by atoms with E-state index < -0.39 is 23.4 Å². The van der Waals surface area contributed by atoms with E-state index in [0.29, 0.717) is 29.2 Å². The highest BCUT2D eigenvalue weighted by atomic mass is 16.5. The number of imide groups is 1. The summed E-state index contributed by atoms with van der Waals surface area (Å²) in [5, 5.41) is 5.43. The number of anilines is 1. The summed E-state index contributed by atoms with van der Waals surface area (Å²) in [6.45, 7) is 1.42. The van der Waals surface area contributed by atoms with E-state index in [0.717, 1.165) is 4.90 Å². The maximum Gasteiger partial charge on any atom is 0.325 e. The van der Waals surface area contributed by atoms with Crippen LogP contribution in [0.5, 0.6) is 11.5 Å². The van der Waals surface area contributed by atoms with Crippen molar-refractivity contribution in [3.8, 4) is 11.5 Å². The molecule has 0 aliphatic carbocycles. The molecule has 0 unspecified atom stereocenters. The molecule has 1 heterocycles. The molecule has 152 valence electrons. The number of hydrogen-bond acceptors (Lipinski definition) is 5. The van der Waals surface area contributed by atoms with Crippen LogP contribution in [0.3, 0.4) is 0 Å². The molecule has 4 amide bonds. The van der Waals surface area contributed by atoms with Gasteiger partial charge in [0.25, 0.3) is 5.91 Å². The number of rotatable bonds is 7. The van der Waals surface area contributed by atoms with Crippen molar-refractivity contribution in [3.63, 3.8) is 0 Å². The average Bonchev–Trinajstić information content (AvgIpc) is 2.99. The zero-order valence-corrected chi connectivity index (χ0v) is 16.5. The topological polar surface area (TPSA) is 97.0 Å². The summed E-state index contributed by atoms with van der Waals surface area (Å²) in [5.41, 5.74) is -0.0623. The lowest BCUT2D eigenvalue weighted by Crippen LogP contribution is -2.44. The van der Waals surface area contributed by atoms with Crippen LogP contribution < -0.4 is 20.1 Å². The molecule has 0 saturated carbocycles. The zero-order valence-electron chi connectivity index (χ0n) is 16.5. The molecular formula is C21H23N3O5. The van der Waals surface area contributed by atoms with Gasteiger partial charge in [-0.25, -0.2) is 4.79 Å². The van der Waals surface area contributed by atoms with Gasteiger partial charge in [-0.05, 0) is 36.2 Å². The molecule has 2 aromatic carbocycles. The van der Waals surface area contributed by atoms with E-state index in [-0.39, 0.29) is 6.54 Å². The molecule has 1 saturated heterocycles. The molecule has 2 N–H and O–H groups in total. The first kappa shape index (κ1) is 20.2. The highest BCUT2D eigenvalue weighted by Crippen LogP contribution is 2.33. The Balaban J connectivity index is 1.77. The van der Waals surface area contributed by atoms with Crippen LogP contribution in [0.25, 0.3) is 0 Å². The number of amides is 4. The Hall–Kier alpha value is -3.55. The fraction of sp³-hybridized carbons (Fsp3) is 0.286. The molecule has 0 spiro atoms. The van der Waals surface area contributed by atoms with Gasteiger partial charge in [0.1, 0.15) is 23.6 Å². The Bertz CT molecular complexity index is 928. The lowest BCUT2D eigenvalue weighted by Gasteiger charge is -2.26. The highest BCUT2D eigenvalue weighted by Gasteiger charge is 2.51. The van der Waals surface area contributed by atoms with E-state index in [4.69, 9.17) is 9.47 Å². The summed E-state index contributed by atoms with van der Waals surface area (Å²) in [6, 6.07) is 13.1. The summed E-state index contributed by atoms with van der Waals surface area (Å²) >= 11 is 0. The first-order valence-electron chi connectivity index (χ1n) is 9.16. The summed E-state index contributed by atoms with van der Waals surface area (Å²) < 4.78 is 10.3. The number of nitrogens with one attached hydrogen (secondary N) is 2. The van der Waals surface area contributed by atoms with Gasteiger partial charge < -0.3 is 20.1 Å². The van der Waals surface area contributed by atoms with Gasteiger partial charge in [0.2, 0.25) is 5.91 Å². The summed E-state index contributed by atoms with van der Waals surface area (Å²) in [6.07, 6.45) is 0.345. The third kappa shape index (κ3) is 3.87. The number of urea groups is 1. The van der Waals surface area contributed by atoms with Gasteiger partial charge in [-0.1, -0.05) is 25.1 Å². The standard InChI is InChI=1S/C21H23N3O5/c1-4-21(14-8-10-16(28-2)11-9-14)19(26)24(20(27)23-21)13-18(25)22-15-6-5-7-17(12-15)29-3/h5-12H,4,13H2,1-3H3,(H,22,25)(H,23,27)/t21-/m0/s1. The SMILES string of the molecule is CC[C@@]1(c2ccc(OC)cc2)NC(=O)N(CC(=O)Nc2cccc(OC)c2)C1=O. The molecule has 0 radical (unpaired) electrons. The Morgan fingerprint density at radius 2 is 1.76 bits per heavy atom. The molecule has 1 aliphatic rings. The Morgan fingerprint density at radius 3 is 2.38 bits per heavy atom. The quantitative estimate of drug-likeness (QED) is 0.700. The van der Waals surface area contributed by atoms with E-state index in [2.05, 4.69) is 10.6 Å². The predicted octanol–water partition coefficient (Wildman–Crippen LogP) is 2.50. The maximum absolute atomic E-state index is 13.1.